The van der Waals surface area contributed by atoms with Gasteiger partial charge in [0.15, 0.2) is 11.6 Å². The van der Waals surface area contributed by atoms with Crippen LogP contribution >= 0.6 is 0 Å². The minimum Gasteiger partial charge on any atom is -0.497 e. The number of methoxy groups -OCH3 is 2. The molecule has 12 heteroatoms. The summed E-state index contributed by atoms with van der Waals surface area (Å²) in [6.07, 6.45) is 0.664. The van der Waals surface area contributed by atoms with E-state index in [0.717, 1.165) is 0 Å². The molecule has 0 aliphatic heterocycles. The smallest absolute Gasteiger partial charge is 0.263 e. The van der Waals surface area contributed by atoms with Crippen molar-refractivity contribution in [2.75, 3.05) is 35.7 Å². The lowest BCUT2D eigenvalue weighted by Crippen LogP contribution is -2.42. The summed E-state index contributed by atoms with van der Waals surface area (Å²) in [6, 6.07) is 18.2. The number of nitrogens with two attached hydrogens (primary N) is 1. The van der Waals surface area contributed by atoms with Crippen LogP contribution in [0.1, 0.15) is 20.3 Å². The molecule has 1 atom stereocenters. The van der Waals surface area contributed by atoms with Gasteiger partial charge in [0.2, 0.25) is 5.91 Å². The van der Waals surface area contributed by atoms with Gasteiger partial charge < -0.3 is 25.4 Å². The van der Waals surface area contributed by atoms with Crippen molar-refractivity contribution in [3.63, 3.8) is 0 Å². The maximum absolute atomic E-state index is 13.6. The Morgan fingerprint density at radius 3 is 2.15 bits per heavy atom. The Bertz CT molecular complexity index is 1610. The molecule has 210 valence electrons. The average Bonchev–Trinajstić information content (AvgIpc) is 2.97. The molecule has 0 spiro atoms. The summed E-state index contributed by atoms with van der Waals surface area (Å²) in [5, 5.41) is 3.14. The highest BCUT2D eigenvalue weighted by Crippen LogP contribution is 2.32. The second-order valence-electron chi connectivity index (χ2n) is 8.96. The topological polar surface area (TPSA) is 149 Å². The number of rotatable bonds is 11. The first-order valence-electron chi connectivity index (χ1n) is 12.6. The van der Waals surface area contributed by atoms with Gasteiger partial charge >= 0.3 is 0 Å². The average molecular weight is 565 g/mol. The van der Waals surface area contributed by atoms with Gasteiger partial charge in [-0.15, -0.1) is 0 Å². The Morgan fingerprint density at radius 2 is 1.57 bits per heavy atom. The zero-order chi connectivity index (χ0) is 28.9. The summed E-state index contributed by atoms with van der Waals surface area (Å²) in [7, 11) is -1.09. The van der Waals surface area contributed by atoms with Crippen molar-refractivity contribution in [2.24, 2.45) is 5.73 Å². The number of hydrogen-bond donors (Lipinski definition) is 3. The van der Waals surface area contributed by atoms with E-state index in [1.165, 1.54) is 31.3 Å². The monoisotopic (exact) mass is 564 g/mol. The molecule has 0 fully saturated rings. The van der Waals surface area contributed by atoms with Crippen LogP contribution in [0.5, 0.6) is 11.5 Å². The van der Waals surface area contributed by atoms with Crippen LogP contribution in [-0.4, -0.2) is 51.1 Å². The maximum atomic E-state index is 13.6. The number of nitrogens with one attached hydrogen (secondary N) is 2. The zero-order valence-electron chi connectivity index (χ0n) is 22.7. The number of carbonyl (C=O) groups is 1. The molecule has 1 heterocycles. The molecule has 4 rings (SSSR count). The first kappa shape index (κ1) is 28.6. The third kappa shape index (κ3) is 6.24. The van der Waals surface area contributed by atoms with E-state index in [0.29, 0.717) is 40.3 Å². The number of aromatic nitrogens is 2. The standard InChI is InChI=1S/C28H32N6O5S/c1-5-18(2)34(26(35)17-29)20-9-8-10-23(15-20)40(36,37)33-28-27(31-24-11-6-7-12-25(24)32-28)30-19-13-21(38-3)16-22(14-19)39-4/h6-16,18H,5,17,29H2,1-4H3,(H,30,31)(H,32,33). The van der Waals surface area contributed by atoms with Gasteiger partial charge in [-0.05, 0) is 43.7 Å². The zero-order valence-corrected chi connectivity index (χ0v) is 23.5. The van der Waals surface area contributed by atoms with Gasteiger partial charge in [-0.2, -0.15) is 0 Å². The third-order valence-electron chi connectivity index (χ3n) is 6.30. The van der Waals surface area contributed by atoms with E-state index in [9.17, 15) is 13.2 Å². The Morgan fingerprint density at radius 1 is 0.950 bits per heavy atom. The first-order valence-corrected chi connectivity index (χ1v) is 14.1. The summed E-state index contributed by atoms with van der Waals surface area (Å²) in [5.41, 5.74) is 7.67. The minimum absolute atomic E-state index is 0.0114. The minimum atomic E-state index is -4.15. The lowest BCUT2D eigenvalue weighted by molar-refractivity contribution is -0.117. The number of benzene rings is 3. The van der Waals surface area contributed by atoms with Crippen molar-refractivity contribution in [1.82, 2.24) is 9.97 Å². The molecular weight excluding hydrogens is 532 g/mol. The van der Waals surface area contributed by atoms with Crippen LogP contribution in [0.2, 0.25) is 0 Å². The molecule has 1 unspecified atom stereocenters. The molecule has 40 heavy (non-hydrogen) atoms. The molecule has 11 nitrogen and oxygen atoms in total. The van der Waals surface area contributed by atoms with Gasteiger partial charge in [-0.1, -0.05) is 25.1 Å². The van der Waals surface area contributed by atoms with Crippen LogP contribution in [0.15, 0.2) is 71.6 Å². The number of hydrogen-bond acceptors (Lipinski definition) is 9. The molecule has 4 N–H and O–H groups in total. The molecule has 0 bridgehead atoms. The Hall–Kier alpha value is -4.42. The normalized spacial score (nSPS) is 12.0. The highest BCUT2D eigenvalue weighted by molar-refractivity contribution is 7.92. The van der Waals surface area contributed by atoms with Crippen LogP contribution in [0.25, 0.3) is 11.0 Å². The number of amides is 1. The van der Waals surface area contributed by atoms with Crippen molar-refractivity contribution in [3.8, 4) is 11.5 Å². The van der Waals surface area contributed by atoms with Gasteiger partial charge in [0.1, 0.15) is 11.5 Å². The number of nitrogens with zero attached hydrogens (tertiary/aromatic N) is 3. The SMILES string of the molecule is CCC(C)N(C(=O)CN)c1cccc(S(=O)(=O)Nc2nc3ccccc3nc2Nc2cc(OC)cc(OC)c2)c1. The lowest BCUT2D eigenvalue weighted by atomic mass is 10.2. The summed E-state index contributed by atoms with van der Waals surface area (Å²) >= 11 is 0. The number of para-hydroxylation sites is 2. The fourth-order valence-electron chi connectivity index (χ4n) is 4.09. The van der Waals surface area contributed by atoms with E-state index in [2.05, 4.69) is 20.0 Å². The van der Waals surface area contributed by atoms with Gasteiger partial charge in [0, 0.05) is 35.6 Å². The second-order valence-corrected chi connectivity index (χ2v) is 10.6. The van der Waals surface area contributed by atoms with Gasteiger partial charge in [-0.25, -0.2) is 18.4 Å². The van der Waals surface area contributed by atoms with Crippen molar-refractivity contribution in [1.29, 1.82) is 0 Å². The summed E-state index contributed by atoms with van der Waals surface area (Å²) in [4.78, 5) is 23.2. The van der Waals surface area contributed by atoms with Crippen molar-refractivity contribution in [3.05, 3.63) is 66.7 Å². The van der Waals surface area contributed by atoms with Gasteiger partial charge in [0.25, 0.3) is 10.0 Å². The number of anilines is 4. The third-order valence-corrected chi connectivity index (χ3v) is 7.63. The Kier molecular flexibility index (Phi) is 8.70. The van der Waals surface area contributed by atoms with Crippen LogP contribution in [0, 0.1) is 0 Å². The number of ether oxygens (including phenoxy) is 2. The first-order chi connectivity index (χ1) is 19.2. The molecule has 0 radical (unpaired) electrons. The van der Waals surface area contributed by atoms with E-state index >= 15 is 0 Å². The largest absolute Gasteiger partial charge is 0.497 e. The summed E-state index contributed by atoms with van der Waals surface area (Å²) in [5.74, 6) is 0.924. The predicted molar refractivity (Wildman–Crippen MR) is 156 cm³/mol. The highest BCUT2D eigenvalue weighted by atomic mass is 32.2. The quantitative estimate of drug-likeness (QED) is 0.243. The van der Waals surface area contributed by atoms with E-state index in [1.807, 2.05) is 19.9 Å². The summed E-state index contributed by atoms with van der Waals surface area (Å²) in [6.45, 7) is 3.62. The molecule has 0 aliphatic rings. The van der Waals surface area contributed by atoms with Crippen molar-refractivity contribution < 1.29 is 22.7 Å². The Balaban J connectivity index is 1.76. The maximum Gasteiger partial charge on any atom is 0.263 e. The molecule has 1 amide bonds. The van der Waals surface area contributed by atoms with Crippen molar-refractivity contribution in [2.45, 2.75) is 31.2 Å². The van der Waals surface area contributed by atoms with Gasteiger partial charge in [-0.3, -0.25) is 9.52 Å². The van der Waals surface area contributed by atoms with E-state index < -0.39 is 10.0 Å². The molecule has 0 aliphatic carbocycles. The van der Waals surface area contributed by atoms with Gasteiger partial charge in [0.05, 0.1) is 36.7 Å². The van der Waals surface area contributed by atoms with Crippen LogP contribution < -0.4 is 30.1 Å². The van der Waals surface area contributed by atoms with Crippen LogP contribution in [0.3, 0.4) is 0 Å². The molecule has 0 saturated heterocycles. The van der Waals surface area contributed by atoms with Crippen molar-refractivity contribution >= 4 is 50.0 Å². The van der Waals surface area contributed by atoms with Crippen LogP contribution in [0.4, 0.5) is 23.0 Å². The molecule has 1 aromatic heterocycles. The van der Waals surface area contributed by atoms with E-state index in [4.69, 9.17) is 15.2 Å². The molecular formula is C28H32N6O5S. The number of sulfonamides is 1. The highest BCUT2D eigenvalue weighted by Gasteiger charge is 2.24. The predicted octanol–water partition coefficient (Wildman–Crippen LogP) is 4.28. The number of fused-ring (bicyclic) bond motifs is 1. The summed E-state index contributed by atoms with van der Waals surface area (Å²) < 4.78 is 40.5. The van der Waals surface area contributed by atoms with Crippen LogP contribution in [-0.2, 0) is 14.8 Å². The number of carbonyl (C=O) groups excluding carboxylic acids is 1. The second kappa shape index (κ2) is 12.2. The Labute approximate surface area is 233 Å². The molecule has 4 aromatic rings. The van der Waals surface area contributed by atoms with E-state index in [-0.39, 0.29) is 35.0 Å². The van der Waals surface area contributed by atoms with E-state index in [1.54, 1.807) is 48.5 Å². The molecule has 3 aromatic carbocycles. The molecule has 0 saturated carbocycles. The fraction of sp³-hybridized carbons (Fsp3) is 0.250. The fourth-order valence-corrected chi connectivity index (χ4v) is 5.13. The lowest BCUT2D eigenvalue weighted by Gasteiger charge is -2.28.